The van der Waals surface area contributed by atoms with Crippen molar-refractivity contribution in [3.63, 3.8) is 0 Å². The second-order valence-corrected chi connectivity index (χ2v) is 18.5. The molecule has 0 aromatic heterocycles. The maximum absolute atomic E-state index is 11.0. The fraction of sp³-hybridized carbons (Fsp3) is 0.909. The molecule has 0 aliphatic rings. The van der Waals surface area contributed by atoms with Crippen molar-refractivity contribution >= 4 is 38.1 Å². The zero-order chi connectivity index (χ0) is 31.5. The second kappa shape index (κ2) is 27.4. The summed E-state index contributed by atoms with van der Waals surface area (Å²) >= 11 is 0. The Morgan fingerprint density at radius 1 is 0.545 bits per heavy atom. The molecule has 44 heavy (non-hydrogen) atoms. The van der Waals surface area contributed by atoms with Crippen molar-refractivity contribution in [1.82, 2.24) is 0 Å². The van der Waals surface area contributed by atoms with Crippen molar-refractivity contribution in [2.45, 2.75) is 62.8 Å². The molecule has 2 atom stereocenters. The van der Waals surface area contributed by atoms with Crippen LogP contribution in [-0.2, 0) is 73.4 Å². The van der Waals surface area contributed by atoms with Gasteiger partial charge in [0.2, 0.25) is 7.51 Å². The zero-order valence-electron chi connectivity index (χ0n) is 27.4. The monoisotopic (exact) mass is 810 g/mol. The van der Waals surface area contributed by atoms with Gasteiger partial charge in [0.25, 0.3) is 0 Å². The van der Waals surface area contributed by atoms with Crippen LogP contribution in [0.15, 0.2) is 35.5 Å². The molecule has 16 nitrogen and oxygen atoms in total. The van der Waals surface area contributed by atoms with E-state index in [-0.39, 0.29) is 106 Å². The van der Waals surface area contributed by atoms with Crippen molar-refractivity contribution in [3.8, 4) is 0 Å². The molecule has 0 aromatic carbocycles. The molecule has 0 amide bonds. The third-order valence-corrected chi connectivity index (χ3v) is 17.6. The first-order chi connectivity index (χ1) is 19.4. The van der Waals surface area contributed by atoms with Crippen LogP contribution in [0.5, 0.6) is 0 Å². The van der Waals surface area contributed by atoms with Gasteiger partial charge in [-0.15, -0.1) is 20.1 Å². The van der Waals surface area contributed by atoms with Crippen LogP contribution in [0.4, 0.5) is 0 Å². The van der Waals surface area contributed by atoms with Crippen molar-refractivity contribution in [2.24, 2.45) is 22.8 Å². The fourth-order valence-corrected chi connectivity index (χ4v) is 16.5. The summed E-state index contributed by atoms with van der Waals surface area (Å²) in [5.41, 5.74) is 0. The van der Waals surface area contributed by atoms with Crippen LogP contribution < -0.4 is 0 Å². The van der Waals surface area contributed by atoms with Gasteiger partial charge in [-0.3, -0.25) is 0 Å². The van der Waals surface area contributed by atoms with E-state index in [2.05, 4.69) is 15.8 Å². The molecule has 0 aliphatic carbocycles. The van der Waals surface area contributed by atoms with Crippen molar-refractivity contribution in [3.05, 3.63) is 18.8 Å². The third-order valence-electron chi connectivity index (χ3n) is 4.03. The van der Waals surface area contributed by atoms with Crippen molar-refractivity contribution in [2.75, 3.05) is 73.2 Å². The van der Waals surface area contributed by atoms with E-state index < -0.39 is 38.1 Å². The molecule has 0 spiro atoms. The summed E-state index contributed by atoms with van der Waals surface area (Å²) in [6.07, 6.45) is 1.57. The molecule has 0 fully saturated rings. The predicted octanol–water partition coefficient (Wildman–Crippen LogP) is 10.9. The smallest absolute Gasteiger partial charge is 0.349 e. The Balaban J connectivity index is -0.00000267. The summed E-state index contributed by atoms with van der Waals surface area (Å²) in [5.74, 6) is 0. The van der Waals surface area contributed by atoms with Gasteiger partial charge in [-0.25, -0.2) is 4.74 Å². The first-order valence-electron chi connectivity index (χ1n) is 13.6. The topological polar surface area (TPSA) is 199 Å². The largest absolute Gasteiger partial charge is 0.693 e. The normalized spacial score (nSPS) is 14.4. The van der Waals surface area contributed by atoms with Gasteiger partial charge >= 0.3 is 30.6 Å². The average Bonchev–Trinajstić information content (AvgIpc) is 2.88. The predicted molar refractivity (Wildman–Crippen MR) is 182 cm³/mol. The number of nitrogens with zero attached hydrogens (tertiary/aromatic N) is 5. The Bertz CT molecular complexity index is 1030. The fourth-order valence-electron chi connectivity index (χ4n) is 2.96. The van der Waals surface area contributed by atoms with Crippen LogP contribution in [-0.4, -0.2) is 78.1 Å². The molecule has 1 radical (unpaired) electrons. The Kier molecular flexibility index (Phi) is 32.6. The number of hydrogen-bond acceptors (Lipinski definition) is 10. The van der Waals surface area contributed by atoms with Gasteiger partial charge < -0.3 is 51.8 Å². The van der Waals surface area contributed by atoms with E-state index in [9.17, 15) is 4.89 Å². The van der Waals surface area contributed by atoms with Gasteiger partial charge in [-0.2, -0.15) is 4.52 Å². The third kappa shape index (κ3) is 18.4. The summed E-state index contributed by atoms with van der Waals surface area (Å²) in [6, 6.07) is 0. The Labute approximate surface area is 292 Å². The maximum Gasteiger partial charge on any atom is 0.349 e. The van der Waals surface area contributed by atoms with Gasteiger partial charge in [-0.1, -0.05) is 13.5 Å². The minimum absolute atomic E-state index is 0. The van der Waals surface area contributed by atoms with E-state index in [1.54, 1.807) is 68.5 Å². The van der Waals surface area contributed by atoms with Gasteiger partial charge in [0.15, 0.2) is 0 Å². The van der Waals surface area contributed by atoms with E-state index in [1.807, 2.05) is 0 Å². The van der Waals surface area contributed by atoms with Crippen LogP contribution in [0.3, 0.4) is 0 Å². The summed E-state index contributed by atoms with van der Waals surface area (Å²) in [4.78, 5) is 11.0. The van der Waals surface area contributed by atoms with Crippen molar-refractivity contribution < 1.29 is 78.3 Å². The van der Waals surface area contributed by atoms with Gasteiger partial charge in [-0.05, 0) is 55.4 Å². The summed E-state index contributed by atoms with van der Waals surface area (Å²) < 4.78 is 77.7. The van der Waals surface area contributed by atoms with E-state index in [0.717, 1.165) is 0 Å². The van der Waals surface area contributed by atoms with Crippen molar-refractivity contribution in [1.29, 1.82) is 0 Å². The number of nitrogens with two attached hydrogens (primary N) is 1. The maximum atomic E-state index is 11.0. The SMILES string of the molecule is C.C=CCOP(=NC)(N=P(N=P(N=P(N=P(C)(O)OCC)(OCC)OCC)(OCC)OCC)(OCC)OCC)OCC.[NH2-].[Y]. The zero-order valence-corrected chi connectivity index (χ0v) is 34.7. The molecular formula is C22H58N6O10P5Y-. The average molecular weight is 811 g/mol. The Morgan fingerprint density at radius 2 is 0.818 bits per heavy atom. The van der Waals surface area contributed by atoms with Crippen LogP contribution in [0, 0.1) is 0 Å². The number of hydrogen-bond donors (Lipinski definition) is 1. The molecule has 22 heteroatoms. The van der Waals surface area contributed by atoms with E-state index in [4.69, 9.17) is 54.3 Å². The Morgan fingerprint density at radius 3 is 1.09 bits per heavy atom. The first kappa shape index (κ1) is 52.4. The quantitative estimate of drug-likeness (QED) is 0.0765. The first-order valence-corrected chi connectivity index (χ1v) is 21.8. The molecule has 0 aromatic rings. The molecule has 0 aliphatic heterocycles. The van der Waals surface area contributed by atoms with E-state index >= 15 is 0 Å². The van der Waals surface area contributed by atoms with Gasteiger partial charge in [0.05, 0.1) is 59.5 Å². The molecule has 265 valence electrons. The summed E-state index contributed by atoms with van der Waals surface area (Å²) in [6.45, 7) is 20.9. The second-order valence-electron chi connectivity index (χ2n) is 7.28. The minimum atomic E-state index is -3.75. The van der Waals surface area contributed by atoms with Gasteiger partial charge in [0, 0.05) is 46.4 Å². The summed E-state index contributed by atoms with van der Waals surface area (Å²) in [7, 11) is -16.1. The van der Waals surface area contributed by atoms with Gasteiger partial charge in [0.1, 0.15) is 0 Å². The van der Waals surface area contributed by atoms with Crippen LogP contribution in [0.1, 0.15) is 62.8 Å². The summed E-state index contributed by atoms with van der Waals surface area (Å²) in [5, 5.41) is 0. The molecule has 0 bridgehead atoms. The van der Waals surface area contributed by atoms with E-state index in [1.165, 1.54) is 6.66 Å². The molecule has 0 saturated heterocycles. The van der Waals surface area contributed by atoms with Crippen LogP contribution >= 0.6 is 38.1 Å². The standard InChI is InChI=1S/C21H52N5O10P5.CH4.H2N.Y/c1-12-21-36-38(22-10,29-14-3)24-40(32-17-6,33-18-7)26-41(34-19-8,35-20-9)25-39(30-15-4,31-16-5)23-37(11,27)28-13-2;;;/h12,27H,1,13-21H2,2-11H3;1H4;1H2;/q;;-1;. The molecule has 0 heterocycles. The van der Waals surface area contributed by atoms with Crippen LogP contribution in [0.2, 0.25) is 0 Å². The van der Waals surface area contributed by atoms with E-state index in [0.29, 0.717) is 0 Å². The molecule has 0 saturated carbocycles. The Hall–Kier alpha value is 1.55. The number of rotatable bonds is 23. The molecule has 3 N–H and O–H groups in total. The molecule has 0 rings (SSSR count). The van der Waals surface area contributed by atoms with Crippen LogP contribution in [0.25, 0.3) is 6.15 Å². The minimum Gasteiger partial charge on any atom is -0.693 e. The molecule has 2 unspecified atom stereocenters. The molecular weight excluding hydrogens is 752 g/mol.